The minimum Gasteiger partial charge on any atom is -0.456 e. The van der Waals surface area contributed by atoms with Crippen LogP contribution in [0.5, 0.6) is 11.5 Å². The van der Waals surface area contributed by atoms with Crippen molar-refractivity contribution in [1.29, 1.82) is 0 Å². The minimum atomic E-state index is -0.508. The number of rotatable bonds is 8. The molecule has 0 atom stereocenters. The molecule has 0 aliphatic rings. The molecule has 1 aromatic carbocycles. The van der Waals surface area contributed by atoms with Crippen LogP contribution in [0.15, 0.2) is 54.9 Å². The number of halogens is 1. The van der Waals surface area contributed by atoms with Crippen molar-refractivity contribution < 1.29 is 13.9 Å². The van der Waals surface area contributed by atoms with Gasteiger partial charge < -0.3 is 20.0 Å². The highest BCUT2D eigenvalue weighted by Gasteiger charge is 2.13. The lowest BCUT2D eigenvalue weighted by Gasteiger charge is -2.16. The first-order valence-electron chi connectivity index (χ1n) is 9.77. The molecule has 0 fully saturated rings. The van der Waals surface area contributed by atoms with Gasteiger partial charge in [-0.25, -0.2) is 4.39 Å². The maximum Gasteiger partial charge on any atom is 0.185 e. The fraction of sp³-hybridized carbons (Fsp3) is 0.182. The smallest absolute Gasteiger partial charge is 0.185 e. The van der Waals surface area contributed by atoms with Crippen LogP contribution in [-0.2, 0) is 11.3 Å². The van der Waals surface area contributed by atoms with Crippen molar-refractivity contribution >= 4 is 35.2 Å². The van der Waals surface area contributed by atoms with Gasteiger partial charge in [0.1, 0.15) is 17.3 Å². The van der Waals surface area contributed by atoms with E-state index in [-0.39, 0.29) is 5.69 Å². The first kappa shape index (κ1) is 21.2. The number of hydrogen-bond acceptors (Lipinski definition) is 7. The standard InChI is InChI=1S/C22H22BFN4O2S/c1-29-9-8-28(23)13-14-2-5-18(27-12-14)21-11-19-22(31-21)20(6-7-26-19)30-15-3-4-17(25)16(24)10-15/h2-7,10-12H,8-9,13,23,25H2,1H3. The molecule has 0 aliphatic carbocycles. The van der Waals surface area contributed by atoms with Gasteiger partial charge in [-0.05, 0) is 29.8 Å². The van der Waals surface area contributed by atoms with Crippen molar-refractivity contribution in [3.8, 4) is 22.1 Å². The Kier molecular flexibility index (Phi) is 6.46. The van der Waals surface area contributed by atoms with Crippen LogP contribution in [0.2, 0.25) is 0 Å². The molecule has 0 saturated heterocycles. The Labute approximate surface area is 184 Å². The van der Waals surface area contributed by atoms with Crippen LogP contribution in [0.4, 0.5) is 10.1 Å². The lowest BCUT2D eigenvalue weighted by Crippen LogP contribution is -2.23. The van der Waals surface area contributed by atoms with Crippen molar-refractivity contribution in [3.63, 3.8) is 0 Å². The molecule has 158 valence electrons. The Bertz CT molecular complexity index is 1190. The van der Waals surface area contributed by atoms with Crippen LogP contribution in [0.25, 0.3) is 20.8 Å². The lowest BCUT2D eigenvalue weighted by atomic mass is 10.2. The Balaban J connectivity index is 1.55. The zero-order valence-corrected chi connectivity index (χ0v) is 18.2. The van der Waals surface area contributed by atoms with Crippen molar-refractivity contribution in [2.45, 2.75) is 6.54 Å². The van der Waals surface area contributed by atoms with Crippen molar-refractivity contribution in [2.24, 2.45) is 0 Å². The number of aromatic nitrogens is 2. The summed E-state index contributed by atoms with van der Waals surface area (Å²) in [5, 5.41) is 0. The van der Waals surface area contributed by atoms with Gasteiger partial charge in [-0.3, -0.25) is 9.97 Å². The van der Waals surface area contributed by atoms with Gasteiger partial charge in [-0.1, -0.05) is 6.07 Å². The topological polar surface area (TPSA) is 73.5 Å². The predicted molar refractivity (Wildman–Crippen MR) is 125 cm³/mol. The number of benzene rings is 1. The Morgan fingerprint density at radius 1 is 1.16 bits per heavy atom. The highest BCUT2D eigenvalue weighted by Crippen LogP contribution is 2.38. The van der Waals surface area contributed by atoms with E-state index < -0.39 is 5.82 Å². The first-order chi connectivity index (χ1) is 15.0. The van der Waals surface area contributed by atoms with E-state index >= 15 is 0 Å². The molecule has 4 rings (SSSR count). The molecule has 0 spiro atoms. The van der Waals surface area contributed by atoms with E-state index in [2.05, 4.69) is 28.8 Å². The molecule has 3 heterocycles. The summed E-state index contributed by atoms with van der Waals surface area (Å²) >= 11 is 1.54. The Hall–Kier alpha value is -3.01. The van der Waals surface area contributed by atoms with Crippen LogP contribution in [-0.4, -0.2) is 43.0 Å². The van der Waals surface area contributed by atoms with Gasteiger partial charge in [0, 0.05) is 44.7 Å². The molecule has 9 heteroatoms. The number of thiophene rings is 1. The number of ether oxygens (including phenoxy) is 2. The number of nitrogen functional groups attached to an aromatic ring is 1. The van der Waals surface area contributed by atoms with Gasteiger partial charge in [-0.2, -0.15) is 0 Å². The SMILES string of the molecule is BN(CCOC)Cc1ccc(-c2cc3nccc(Oc4ccc(N)c(F)c4)c3s2)nc1. The van der Waals surface area contributed by atoms with E-state index in [9.17, 15) is 4.39 Å². The minimum absolute atomic E-state index is 0.0880. The average molecular weight is 436 g/mol. The van der Waals surface area contributed by atoms with Gasteiger partial charge in [0.25, 0.3) is 0 Å². The number of methoxy groups -OCH3 is 1. The van der Waals surface area contributed by atoms with Gasteiger partial charge in [0.2, 0.25) is 0 Å². The molecule has 3 aromatic heterocycles. The van der Waals surface area contributed by atoms with Gasteiger partial charge >= 0.3 is 0 Å². The third kappa shape index (κ3) is 5.01. The maximum atomic E-state index is 13.8. The van der Waals surface area contributed by atoms with Crippen molar-refractivity contribution in [3.05, 3.63) is 66.2 Å². The molecule has 2 N–H and O–H groups in total. The summed E-state index contributed by atoms with van der Waals surface area (Å²) in [4.78, 5) is 12.2. The number of pyridine rings is 2. The Morgan fingerprint density at radius 2 is 2.03 bits per heavy atom. The van der Waals surface area contributed by atoms with E-state index in [1.165, 1.54) is 23.5 Å². The predicted octanol–water partition coefficient (Wildman–Crippen LogP) is 3.87. The van der Waals surface area contributed by atoms with Crippen LogP contribution in [0, 0.1) is 5.82 Å². The van der Waals surface area contributed by atoms with Crippen LogP contribution >= 0.6 is 11.3 Å². The summed E-state index contributed by atoms with van der Waals surface area (Å²) in [6.07, 6.45) is 3.57. The van der Waals surface area contributed by atoms with E-state index in [0.717, 1.165) is 39.4 Å². The van der Waals surface area contributed by atoms with Gasteiger partial charge in [0.15, 0.2) is 7.98 Å². The first-order valence-corrected chi connectivity index (χ1v) is 10.6. The molecule has 4 aromatic rings. The summed E-state index contributed by atoms with van der Waals surface area (Å²) in [5.41, 5.74) is 8.44. The second-order valence-corrected chi connectivity index (χ2v) is 8.25. The van der Waals surface area contributed by atoms with E-state index in [1.807, 2.05) is 18.3 Å². The number of nitrogens with zero attached hydrogens (tertiary/aromatic N) is 3. The average Bonchev–Trinajstić information content (AvgIpc) is 3.21. The molecule has 6 nitrogen and oxygen atoms in total. The number of nitrogens with two attached hydrogens (primary N) is 1. The highest BCUT2D eigenvalue weighted by molar-refractivity contribution is 7.22. The quantitative estimate of drug-likeness (QED) is 0.334. The fourth-order valence-electron chi connectivity index (χ4n) is 3.12. The summed E-state index contributed by atoms with van der Waals surface area (Å²) in [6, 6.07) is 12.3. The highest BCUT2D eigenvalue weighted by atomic mass is 32.1. The zero-order valence-electron chi connectivity index (χ0n) is 17.3. The van der Waals surface area contributed by atoms with Crippen molar-refractivity contribution in [2.75, 3.05) is 26.0 Å². The summed E-state index contributed by atoms with van der Waals surface area (Å²) in [6.45, 7) is 2.37. The van der Waals surface area contributed by atoms with Crippen LogP contribution in [0.1, 0.15) is 5.56 Å². The van der Waals surface area contributed by atoms with Gasteiger partial charge in [-0.15, -0.1) is 11.3 Å². The molecule has 0 aliphatic heterocycles. The second kappa shape index (κ2) is 9.42. The van der Waals surface area contributed by atoms with E-state index in [1.54, 1.807) is 25.4 Å². The van der Waals surface area contributed by atoms with Crippen molar-refractivity contribution in [1.82, 2.24) is 14.8 Å². The number of anilines is 1. The lowest BCUT2D eigenvalue weighted by molar-refractivity contribution is 0.179. The van der Waals surface area contributed by atoms with Crippen LogP contribution in [0.3, 0.4) is 0 Å². The van der Waals surface area contributed by atoms with E-state index in [4.69, 9.17) is 15.2 Å². The maximum absolute atomic E-state index is 13.8. The molecule has 0 amide bonds. The molecule has 0 unspecified atom stereocenters. The third-order valence-electron chi connectivity index (χ3n) is 4.78. The molecular weight excluding hydrogens is 414 g/mol. The molecule has 31 heavy (non-hydrogen) atoms. The third-order valence-corrected chi connectivity index (χ3v) is 5.94. The largest absolute Gasteiger partial charge is 0.456 e. The fourth-order valence-corrected chi connectivity index (χ4v) is 4.16. The van der Waals surface area contributed by atoms with Gasteiger partial charge in [0.05, 0.1) is 33.1 Å². The molecule has 0 bridgehead atoms. The van der Waals surface area contributed by atoms with E-state index in [0.29, 0.717) is 18.1 Å². The molecular formula is C22H22BFN4O2S. The van der Waals surface area contributed by atoms with Crippen LogP contribution < -0.4 is 10.5 Å². The number of fused-ring (bicyclic) bond motifs is 1. The Morgan fingerprint density at radius 3 is 2.77 bits per heavy atom. The molecule has 0 radical (unpaired) electrons. The second-order valence-electron chi connectivity index (χ2n) is 7.20. The molecule has 0 saturated carbocycles. The summed E-state index contributed by atoms with van der Waals surface area (Å²) < 4.78 is 25.7. The summed E-state index contributed by atoms with van der Waals surface area (Å²) in [7, 11) is 3.76. The zero-order chi connectivity index (χ0) is 21.8. The monoisotopic (exact) mass is 436 g/mol. The summed E-state index contributed by atoms with van der Waals surface area (Å²) in [5.74, 6) is 0.489. The number of hydrogen-bond donors (Lipinski definition) is 1. The normalized spacial score (nSPS) is 11.3.